The van der Waals surface area contributed by atoms with Crippen LogP contribution in [0, 0.1) is 5.82 Å². The Morgan fingerprint density at radius 3 is 2.63 bits per heavy atom. The van der Waals surface area contributed by atoms with Crippen molar-refractivity contribution in [2.24, 2.45) is 22.2 Å². The Morgan fingerprint density at radius 2 is 1.93 bits per heavy atom. The van der Waals surface area contributed by atoms with Crippen LogP contribution in [0.5, 0.6) is 5.75 Å². The molecule has 4 aromatic rings. The van der Waals surface area contributed by atoms with Gasteiger partial charge in [-0.3, -0.25) is 9.56 Å². The van der Waals surface area contributed by atoms with E-state index in [9.17, 15) is 4.79 Å². The molecule has 0 aliphatic carbocycles. The van der Waals surface area contributed by atoms with Crippen LogP contribution in [0.15, 0.2) is 58.4 Å². The van der Waals surface area contributed by atoms with Crippen LogP contribution in [-0.2, 0) is 6.42 Å². The van der Waals surface area contributed by atoms with Crippen molar-refractivity contribution >= 4 is 17.0 Å². The van der Waals surface area contributed by atoms with Gasteiger partial charge in [0.2, 0.25) is 0 Å². The third kappa shape index (κ3) is 8.32. The molecule has 0 radical (unpaired) electrons. The minimum atomic E-state index is -0.577. The summed E-state index contributed by atoms with van der Waals surface area (Å²) >= 11 is 0. The van der Waals surface area contributed by atoms with Gasteiger partial charge in [-0.05, 0) is 108 Å². The summed E-state index contributed by atoms with van der Waals surface area (Å²) in [6.45, 7) is 8.26. The summed E-state index contributed by atoms with van der Waals surface area (Å²) in [5.74, 6) is -0.149. The van der Waals surface area contributed by atoms with Crippen LogP contribution in [0.25, 0.3) is 28.0 Å². The number of piperidine rings is 1. The van der Waals surface area contributed by atoms with Gasteiger partial charge in [-0.15, -0.1) is 0 Å². The molecule has 1 aliphatic rings. The minimum Gasteiger partial charge on any atom is -0.485 e. The summed E-state index contributed by atoms with van der Waals surface area (Å²) in [5, 5.41) is 4.41. The standard InChI is InChI=1S/C35H47FN8O2/c1-21(37)7-5-8-22-17-27(31(36)30(18-22)46-35(2,3)4)29-19-24-20-44(34(45)43-32(24)42-29)26-13-11-23(12-14-26)28-10-6-9-25(41-28)15-16-40-33(38)39/h11-14,17-21,25,28,41H,5-10,15-16,37H2,1-4H3,(H4,38,39,40)(H,42,43,45)/t21?,25-,28-/m0/s1. The molecule has 3 heterocycles. The number of aromatic nitrogens is 3. The van der Waals surface area contributed by atoms with Crippen LogP contribution in [0.1, 0.15) is 83.4 Å². The first-order valence-electron chi connectivity index (χ1n) is 16.2. The average molecular weight is 631 g/mol. The van der Waals surface area contributed by atoms with E-state index in [-0.39, 0.29) is 23.8 Å². The fraction of sp³-hybridized carbons (Fsp3) is 0.457. The lowest BCUT2D eigenvalue weighted by Crippen LogP contribution is -2.37. The average Bonchev–Trinajstić information content (AvgIpc) is 3.40. The third-order valence-electron chi connectivity index (χ3n) is 8.27. The Morgan fingerprint density at radius 1 is 1.17 bits per heavy atom. The minimum absolute atomic E-state index is 0.0957. The number of ether oxygens (including phenoxy) is 1. The number of H-pyrrole nitrogens is 1. The van der Waals surface area contributed by atoms with Gasteiger partial charge in [-0.25, -0.2) is 9.18 Å². The van der Waals surface area contributed by atoms with Crippen molar-refractivity contribution in [3.63, 3.8) is 0 Å². The molecule has 246 valence electrons. The van der Waals surface area contributed by atoms with Crippen molar-refractivity contribution in [1.29, 1.82) is 0 Å². The maximum Gasteiger partial charge on any atom is 0.354 e. The fourth-order valence-electron chi connectivity index (χ4n) is 6.08. The molecule has 1 fully saturated rings. The number of nitrogens with one attached hydrogen (secondary N) is 2. The van der Waals surface area contributed by atoms with E-state index in [1.807, 2.05) is 64.1 Å². The molecule has 0 spiro atoms. The zero-order valence-electron chi connectivity index (χ0n) is 27.3. The highest BCUT2D eigenvalue weighted by Gasteiger charge is 2.23. The van der Waals surface area contributed by atoms with Crippen molar-refractivity contribution in [2.45, 2.75) is 96.4 Å². The van der Waals surface area contributed by atoms with Crippen molar-refractivity contribution in [2.75, 3.05) is 6.54 Å². The van der Waals surface area contributed by atoms with E-state index in [0.29, 0.717) is 40.6 Å². The molecule has 2 aromatic carbocycles. The largest absolute Gasteiger partial charge is 0.485 e. The number of nitrogens with two attached hydrogens (primary N) is 3. The number of aromatic amines is 1. The molecule has 0 amide bonds. The van der Waals surface area contributed by atoms with Crippen molar-refractivity contribution in [3.05, 3.63) is 76.1 Å². The molecule has 5 rings (SSSR count). The topological polar surface area (TPSA) is 162 Å². The maximum atomic E-state index is 15.9. The lowest BCUT2D eigenvalue weighted by Gasteiger charge is -2.31. The summed E-state index contributed by atoms with van der Waals surface area (Å²) < 4.78 is 23.4. The van der Waals surface area contributed by atoms with E-state index < -0.39 is 17.1 Å². The summed E-state index contributed by atoms with van der Waals surface area (Å²) in [5.41, 5.74) is 20.0. The van der Waals surface area contributed by atoms with Gasteiger partial charge in [-0.1, -0.05) is 18.6 Å². The number of guanidine groups is 1. The summed E-state index contributed by atoms with van der Waals surface area (Å²) in [6.07, 6.45) is 8.33. The summed E-state index contributed by atoms with van der Waals surface area (Å²) in [6, 6.07) is 14.1. The molecular weight excluding hydrogens is 583 g/mol. The molecule has 0 saturated carbocycles. The second-order valence-corrected chi connectivity index (χ2v) is 13.5. The van der Waals surface area contributed by atoms with E-state index in [1.54, 1.807) is 12.3 Å². The smallest absolute Gasteiger partial charge is 0.354 e. The van der Waals surface area contributed by atoms with Gasteiger partial charge in [0.1, 0.15) is 11.2 Å². The number of aliphatic imine (C=N–C) groups is 1. The zero-order chi connectivity index (χ0) is 33.0. The monoisotopic (exact) mass is 630 g/mol. The molecule has 11 heteroatoms. The van der Waals surface area contributed by atoms with Crippen molar-refractivity contribution < 1.29 is 9.13 Å². The Bertz CT molecular complexity index is 1730. The molecule has 3 atom stereocenters. The van der Waals surface area contributed by atoms with E-state index in [1.165, 1.54) is 4.57 Å². The van der Waals surface area contributed by atoms with Crippen LogP contribution in [0.4, 0.5) is 4.39 Å². The van der Waals surface area contributed by atoms with Crippen LogP contribution in [0.2, 0.25) is 0 Å². The summed E-state index contributed by atoms with van der Waals surface area (Å²) in [4.78, 5) is 24.7. The highest BCUT2D eigenvalue weighted by atomic mass is 19.1. The normalized spacial score (nSPS) is 17.6. The molecule has 1 unspecified atom stereocenters. The molecule has 10 nitrogen and oxygen atoms in total. The Labute approximate surface area is 269 Å². The second-order valence-electron chi connectivity index (χ2n) is 13.5. The lowest BCUT2D eigenvalue weighted by atomic mass is 9.92. The van der Waals surface area contributed by atoms with E-state index in [2.05, 4.69) is 20.3 Å². The van der Waals surface area contributed by atoms with Crippen molar-refractivity contribution in [3.8, 4) is 22.7 Å². The first-order valence-corrected chi connectivity index (χ1v) is 16.2. The molecule has 1 aliphatic heterocycles. The SMILES string of the molecule is CC(N)CCCc1cc(OC(C)(C)C)c(F)c(-c2cc3cn(-c4ccc([C@@H]5CCC[C@@H](CCN=C(N)N)N5)cc4)c(=O)nc3[nH]2)c1. The van der Waals surface area contributed by atoms with Gasteiger partial charge in [-0.2, -0.15) is 4.98 Å². The summed E-state index contributed by atoms with van der Waals surface area (Å²) in [7, 11) is 0. The van der Waals surface area contributed by atoms with Crippen LogP contribution in [0.3, 0.4) is 0 Å². The Kier molecular flexibility index (Phi) is 10.1. The lowest BCUT2D eigenvalue weighted by molar-refractivity contribution is 0.124. The van der Waals surface area contributed by atoms with Crippen LogP contribution < -0.4 is 32.9 Å². The Hall–Kier alpha value is -4.22. The number of halogens is 1. The third-order valence-corrected chi connectivity index (χ3v) is 8.27. The molecule has 46 heavy (non-hydrogen) atoms. The number of hydrogen-bond acceptors (Lipinski definition) is 6. The van der Waals surface area contributed by atoms with Gasteiger partial charge in [0.05, 0.1) is 11.4 Å². The number of fused-ring (bicyclic) bond motifs is 1. The number of nitrogens with zero attached hydrogens (tertiary/aromatic N) is 3. The second kappa shape index (κ2) is 14.0. The highest BCUT2D eigenvalue weighted by Crippen LogP contribution is 2.34. The Balaban J connectivity index is 1.40. The van der Waals surface area contributed by atoms with E-state index in [4.69, 9.17) is 21.9 Å². The van der Waals surface area contributed by atoms with Gasteiger partial charge in [0.15, 0.2) is 17.5 Å². The van der Waals surface area contributed by atoms with Crippen molar-refractivity contribution in [1.82, 2.24) is 19.9 Å². The quantitative estimate of drug-likeness (QED) is 0.112. The van der Waals surface area contributed by atoms with E-state index >= 15 is 4.39 Å². The van der Waals surface area contributed by atoms with Gasteiger partial charge in [0.25, 0.3) is 0 Å². The molecule has 2 aromatic heterocycles. The first-order chi connectivity index (χ1) is 21.9. The molecule has 1 saturated heterocycles. The van der Waals surface area contributed by atoms with Crippen LogP contribution >= 0.6 is 0 Å². The maximum absolute atomic E-state index is 15.9. The first kappa shape index (κ1) is 33.2. The molecule has 8 N–H and O–H groups in total. The molecule has 0 bridgehead atoms. The van der Waals surface area contributed by atoms with Gasteiger partial charge < -0.3 is 32.2 Å². The number of aryl methyl sites for hydroxylation is 1. The number of rotatable bonds is 11. The molecular formula is C35H47FN8O2. The predicted octanol–water partition coefficient (Wildman–Crippen LogP) is 5.21. The van der Waals surface area contributed by atoms with Gasteiger partial charge >= 0.3 is 5.69 Å². The van der Waals surface area contributed by atoms with Crippen LogP contribution in [-0.4, -0.2) is 44.7 Å². The predicted molar refractivity (Wildman–Crippen MR) is 183 cm³/mol. The highest BCUT2D eigenvalue weighted by molar-refractivity contribution is 5.83. The van der Waals surface area contributed by atoms with E-state index in [0.717, 1.165) is 56.1 Å². The zero-order valence-corrected chi connectivity index (χ0v) is 27.3. The van der Waals surface area contributed by atoms with Gasteiger partial charge in [0, 0.05) is 41.8 Å². The number of hydrogen-bond donors (Lipinski definition) is 5. The fourth-order valence-corrected chi connectivity index (χ4v) is 6.08. The number of benzene rings is 2.